The number of nitrogens with zero attached hydrogens (tertiary/aromatic N) is 2. The van der Waals surface area contributed by atoms with Crippen LogP contribution in [-0.4, -0.2) is 4.37 Å². The van der Waals surface area contributed by atoms with Crippen LogP contribution in [-0.2, 0) is 6.42 Å². The molecule has 0 saturated carbocycles. The highest BCUT2D eigenvalue weighted by Gasteiger charge is 1.88. The molecule has 0 bridgehead atoms. The van der Waals surface area contributed by atoms with Crippen LogP contribution in [0.4, 0.5) is 0 Å². The van der Waals surface area contributed by atoms with Crippen LogP contribution in [0.2, 0.25) is 0 Å². The molecule has 0 atom stereocenters. The minimum atomic E-state index is 0.483. The van der Waals surface area contributed by atoms with Crippen molar-refractivity contribution in [3.63, 3.8) is 0 Å². The number of rotatable bonds is 1. The predicted octanol–water partition coefficient (Wildman–Crippen LogP) is 1.21. The average Bonchev–Trinajstić information content (AvgIpc) is 2.19. The summed E-state index contributed by atoms with van der Waals surface area (Å²) in [6, 6.07) is 2.04. The van der Waals surface area contributed by atoms with Gasteiger partial charge in [0.05, 0.1) is 12.5 Å². The second-order valence-corrected chi connectivity index (χ2v) is 2.02. The minimum absolute atomic E-state index is 0.483. The van der Waals surface area contributed by atoms with Gasteiger partial charge in [0.2, 0.25) is 0 Å². The summed E-state index contributed by atoms with van der Waals surface area (Å²) in [7, 11) is 0. The summed E-state index contributed by atoms with van der Waals surface area (Å²) in [6.45, 7) is 0. The number of aromatic nitrogens is 1. The fourth-order valence-electron chi connectivity index (χ4n) is 0.405. The first kappa shape index (κ1) is 5.26. The smallest absolute Gasteiger partial charge is 0.0670 e. The lowest BCUT2D eigenvalue weighted by atomic mass is 10.3. The normalized spacial score (nSPS) is 8.38. The van der Waals surface area contributed by atoms with Crippen LogP contribution >= 0.6 is 11.5 Å². The Morgan fingerprint density at radius 2 is 2.75 bits per heavy atom. The van der Waals surface area contributed by atoms with Gasteiger partial charge in [0.1, 0.15) is 0 Å². The van der Waals surface area contributed by atoms with Crippen molar-refractivity contribution in [2.24, 2.45) is 0 Å². The van der Waals surface area contributed by atoms with Gasteiger partial charge < -0.3 is 0 Å². The highest BCUT2D eigenvalue weighted by Crippen LogP contribution is 2.00. The number of hydrogen-bond acceptors (Lipinski definition) is 3. The standard InChI is InChI=1S/C5H4N2S/c6-2-1-5-3-7-8-4-5/h3-4H,1H2. The zero-order valence-corrected chi connectivity index (χ0v) is 4.98. The van der Waals surface area contributed by atoms with Gasteiger partial charge in [-0.2, -0.15) is 5.26 Å². The van der Waals surface area contributed by atoms with Crippen molar-refractivity contribution in [1.29, 1.82) is 5.26 Å². The first-order valence-corrected chi connectivity index (χ1v) is 3.02. The van der Waals surface area contributed by atoms with E-state index in [1.165, 1.54) is 11.5 Å². The number of hydrogen-bond donors (Lipinski definition) is 0. The van der Waals surface area contributed by atoms with Gasteiger partial charge in [-0.15, -0.1) is 0 Å². The highest BCUT2D eigenvalue weighted by molar-refractivity contribution is 7.03. The quantitative estimate of drug-likeness (QED) is 0.564. The summed E-state index contributed by atoms with van der Waals surface area (Å²) < 4.78 is 3.83. The summed E-state index contributed by atoms with van der Waals surface area (Å²) >= 11 is 1.38. The Hall–Kier alpha value is -0.880. The van der Waals surface area contributed by atoms with E-state index in [-0.39, 0.29) is 0 Å². The maximum Gasteiger partial charge on any atom is 0.0670 e. The molecule has 0 N–H and O–H groups in total. The molecule has 0 unspecified atom stereocenters. The average molecular weight is 124 g/mol. The summed E-state index contributed by atoms with van der Waals surface area (Å²) in [4.78, 5) is 0. The Morgan fingerprint density at radius 1 is 1.88 bits per heavy atom. The van der Waals surface area contributed by atoms with Gasteiger partial charge in [0.25, 0.3) is 0 Å². The Morgan fingerprint density at radius 3 is 3.25 bits per heavy atom. The van der Waals surface area contributed by atoms with E-state index < -0.39 is 0 Å². The van der Waals surface area contributed by atoms with Gasteiger partial charge in [-0.3, -0.25) is 0 Å². The van der Waals surface area contributed by atoms with Gasteiger partial charge >= 0.3 is 0 Å². The molecule has 0 aliphatic carbocycles. The third-order valence-electron chi connectivity index (χ3n) is 0.767. The Labute approximate surface area is 51.6 Å². The van der Waals surface area contributed by atoms with Gasteiger partial charge in [-0.25, -0.2) is 4.37 Å². The van der Waals surface area contributed by atoms with E-state index in [0.29, 0.717) is 6.42 Å². The zero-order valence-electron chi connectivity index (χ0n) is 4.16. The second-order valence-electron chi connectivity index (χ2n) is 1.37. The summed E-state index contributed by atoms with van der Waals surface area (Å²) in [5.41, 5.74) is 1.01. The second kappa shape index (κ2) is 2.43. The molecule has 3 heteroatoms. The Balaban J connectivity index is 2.67. The van der Waals surface area contributed by atoms with E-state index in [1.54, 1.807) is 6.20 Å². The van der Waals surface area contributed by atoms with Crippen molar-refractivity contribution in [2.45, 2.75) is 6.42 Å². The molecular formula is C5H4N2S. The molecule has 1 aromatic heterocycles. The lowest BCUT2D eigenvalue weighted by Crippen LogP contribution is -1.71. The molecule has 0 aliphatic rings. The maximum absolute atomic E-state index is 8.16. The SMILES string of the molecule is N#CCc1cnsc1. The van der Waals surface area contributed by atoms with Crippen molar-refractivity contribution in [1.82, 2.24) is 4.37 Å². The molecule has 40 valence electrons. The van der Waals surface area contributed by atoms with Gasteiger partial charge in [0, 0.05) is 11.6 Å². The molecular weight excluding hydrogens is 120 g/mol. The van der Waals surface area contributed by atoms with Crippen molar-refractivity contribution < 1.29 is 0 Å². The van der Waals surface area contributed by atoms with Gasteiger partial charge in [-0.1, -0.05) is 0 Å². The molecule has 1 aromatic rings. The molecule has 0 aliphatic heterocycles. The van der Waals surface area contributed by atoms with E-state index in [0.717, 1.165) is 5.56 Å². The molecule has 1 heterocycles. The van der Waals surface area contributed by atoms with Crippen molar-refractivity contribution >= 4 is 11.5 Å². The molecule has 0 aromatic carbocycles. The molecule has 0 radical (unpaired) electrons. The first-order chi connectivity index (χ1) is 3.93. The van der Waals surface area contributed by atoms with E-state index in [9.17, 15) is 0 Å². The van der Waals surface area contributed by atoms with Crippen LogP contribution < -0.4 is 0 Å². The van der Waals surface area contributed by atoms with Crippen LogP contribution in [0.1, 0.15) is 5.56 Å². The van der Waals surface area contributed by atoms with Crippen molar-refractivity contribution in [3.8, 4) is 6.07 Å². The molecule has 0 fully saturated rings. The molecule has 2 nitrogen and oxygen atoms in total. The van der Waals surface area contributed by atoms with E-state index in [4.69, 9.17) is 5.26 Å². The van der Waals surface area contributed by atoms with Gasteiger partial charge in [-0.05, 0) is 17.1 Å². The lowest BCUT2D eigenvalue weighted by molar-refractivity contribution is 1.27. The molecule has 0 saturated heterocycles. The van der Waals surface area contributed by atoms with Crippen LogP contribution in [0.3, 0.4) is 0 Å². The minimum Gasteiger partial charge on any atom is -0.201 e. The third-order valence-corrected chi connectivity index (χ3v) is 1.40. The van der Waals surface area contributed by atoms with Crippen LogP contribution in [0.15, 0.2) is 11.6 Å². The molecule has 0 spiro atoms. The summed E-state index contributed by atoms with van der Waals surface area (Å²) in [6.07, 6.45) is 2.20. The monoisotopic (exact) mass is 124 g/mol. The predicted molar refractivity (Wildman–Crippen MR) is 31.4 cm³/mol. The summed E-state index contributed by atoms with van der Waals surface area (Å²) in [5, 5.41) is 10.0. The maximum atomic E-state index is 8.16. The largest absolute Gasteiger partial charge is 0.201 e. The zero-order chi connectivity index (χ0) is 5.82. The van der Waals surface area contributed by atoms with Gasteiger partial charge in [0.15, 0.2) is 0 Å². The Bertz CT molecular complexity index is 185. The van der Waals surface area contributed by atoms with Crippen molar-refractivity contribution in [3.05, 3.63) is 17.1 Å². The van der Waals surface area contributed by atoms with E-state index >= 15 is 0 Å². The Kier molecular flexibility index (Phi) is 1.60. The summed E-state index contributed by atoms with van der Waals surface area (Å²) in [5.74, 6) is 0. The number of nitriles is 1. The van der Waals surface area contributed by atoms with Crippen LogP contribution in [0.25, 0.3) is 0 Å². The van der Waals surface area contributed by atoms with E-state index in [1.807, 2.05) is 11.4 Å². The first-order valence-electron chi connectivity index (χ1n) is 2.18. The van der Waals surface area contributed by atoms with Crippen LogP contribution in [0, 0.1) is 11.3 Å². The highest BCUT2D eigenvalue weighted by atomic mass is 32.1. The van der Waals surface area contributed by atoms with Crippen LogP contribution in [0.5, 0.6) is 0 Å². The lowest BCUT2D eigenvalue weighted by Gasteiger charge is -1.74. The topological polar surface area (TPSA) is 36.7 Å². The fourth-order valence-corrected chi connectivity index (χ4v) is 0.942. The molecule has 0 amide bonds. The molecule has 8 heavy (non-hydrogen) atoms. The third kappa shape index (κ3) is 1.04. The molecule has 1 rings (SSSR count). The fraction of sp³-hybridized carbons (Fsp3) is 0.200. The van der Waals surface area contributed by atoms with Crippen molar-refractivity contribution in [2.75, 3.05) is 0 Å². The van der Waals surface area contributed by atoms with E-state index in [2.05, 4.69) is 4.37 Å².